The Hall–Kier alpha value is -1.72. The average Bonchev–Trinajstić information content (AvgIpc) is 2.86. The Morgan fingerprint density at radius 1 is 0.410 bits per heavy atom. The minimum absolute atomic E-state index is 0. The smallest absolute Gasteiger partial charge is 0.155 e. The van der Waals surface area contributed by atoms with Crippen molar-refractivity contribution in [3.63, 3.8) is 0 Å². The number of Topliss-reactive ketones (excluding diaryl/α,β-unsaturated/α-hetero) is 4. The van der Waals surface area contributed by atoms with Crippen LogP contribution in [0.3, 0.4) is 0 Å². The van der Waals surface area contributed by atoms with Crippen LogP contribution in [0.5, 0.6) is 0 Å². The molecule has 0 saturated carbocycles. The number of hydrogen-bond acceptors (Lipinski definition) is 14. The summed E-state index contributed by atoms with van der Waals surface area (Å²) in [5, 5.41) is 32.6. The van der Waals surface area contributed by atoms with E-state index in [0.717, 1.165) is 0 Å². The number of aliphatic hydroxyl groups is 4. The number of hydrogen-bond donors (Lipinski definition) is 4. The second kappa shape index (κ2) is 43.3. The summed E-state index contributed by atoms with van der Waals surface area (Å²) in [6.45, 7) is 9.36. The van der Waals surface area contributed by atoms with Crippen molar-refractivity contribution in [2.45, 2.75) is 35.1 Å². The molecule has 0 atom stereocenters. The Bertz CT molecular complexity index is 529. The summed E-state index contributed by atoms with van der Waals surface area (Å²) >= 11 is 0. The van der Waals surface area contributed by atoms with Crippen molar-refractivity contribution in [3.05, 3.63) is 0 Å². The maximum Gasteiger partial charge on any atom is 0.155 e. The van der Waals surface area contributed by atoms with Crippen LogP contribution < -0.4 is 0 Å². The topological polar surface area (TPSA) is 205 Å². The largest absolute Gasteiger partial charge is 0.394 e. The maximum absolute atomic E-state index is 10.4. The third-order valence-electron chi connectivity index (χ3n) is 2.96. The molecule has 0 rings (SSSR count). The molecule has 14 nitrogen and oxygen atoms in total. The highest BCUT2D eigenvalue weighted by Gasteiger charge is 1.94. The first-order valence-corrected chi connectivity index (χ1v) is 12.0. The molecule has 0 bridgehead atoms. The lowest BCUT2D eigenvalue weighted by Crippen LogP contribution is -2.12. The first-order chi connectivity index (χ1) is 18.1. The molecule has 0 aromatic heterocycles. The van der Waals surface area contributed by atoms with Gasteiger partial charge in [-0.25, -0.2) is 0 Å². The van der Waals surface area contributed by atoms with Gasteiger partial charge in [0.15, 0.2) is 23.1 Å². The molecule has 236 valence electrons. The molecule has 0 spiro atoms. The minimum atomic E-state index is -0.333. The van der Waals surface area contributed by atoms with Crippen LogP contribution in [0.25, 0.3) is 0 Å². The van der Waals surface area contributed by atoms with Gasteiger partial charge in [0.05, 0.1) is 79.3 Å². The fraction of sp³-hybridized carbons (Fsp3) is 0.840. The monoisotopic (exact) mass is 576 g/mol. The number of rotatable bonds is 22. The molecule has 0 aromatic carbocycles. The third kappa shape index (κ3) is 72.3. The van der Waals surface area contributed by atoms with E-state index in [4.69, 9.17) is 44.1 Å². The van der Waals surface area contributed by atoms with Crippen LogP contribution in [0.4, 0.5) is 0 Å². The highest BCUT2D eigenvalue weighted by molar-refractivity contribution is 5.77. The first-order valence-electron chi connectivity index (χ1n) is 12.0. The van der Waals surface area contributed by atoms with E-state index in [1.165, 1.54) is 27.7 Å². The average molecular weight is 577 g/mol. The lowest BCUT2D eigenvalue weighted by Gasteiger charge is -2.04. The molecule has 0 aliphatic carbocycles. The molecule has 0 radical (unpaired) electrons. The van der Waals surface area contributed by atoms with Gasteiger partial charge in [-0.1, -0.05) is 7.43 Å². The highest BCUT2D eigenvalue weighted by Crippen LogP contribution is 1.82. The van der Waals surface area contributed by atoms with E-state index in [1.807, 2.05) is 0 Å². The fourth-order valence-electron chi connectivity index (χ4n) is 1.50. The summed E-state index contributed by atoms with van der Waals surface area (Å²) in [5.74, 6) is -0.188. The Morgan fingerprint density at radius 3 is 0.846 bits per heavy atom. The minimum Gasteiger partial charge on any atom is -0.394 e. The molecule has 0 aliphatic rings. The van der Waals surface area contributed by atoms with Crippen molar-refractivity contribution < 1.29 is 68.0 Å². The normalized spacial score (nSPS) is 9.44. The summed E-state index contributed by atoms with van der Waals surface area (Å²) in [6, 6.07) is 0. The Labute approximate surface area is 232 Å². The molecule has 0 unspecified atom stereocenters. The molecule has 4 N–H and O–H groups in total. The molecular formula is C25H52O14. The van der Waals surface area contributed by atoms with E-state index >= 15 is 0 Å². The van der Waals surface area contributed by atoms with Gasteiger partial charge >= 0.3 is 0 Å². The Morgan fingerprint density at radius 2 is 0.615 bits per heavy atom. The van der Waals surface area contributed by atoms with E-state index in [0.29, 0.717) is 52.9 Å². The van der Waals surface area contributed by atoms with Crippen LogP contribution in [-0.2, 0) is 47.6 Å². The van der Waals surface area contributed by atoms with Gasteiger partial charge < -0.3 is 48.8 Å². The lowest BCUT2D eigenvalue weighted by molar-refractivity contribution is -0.122. The first kappa shape index (κ1) is 47.1. The van der Waals surface area contributed by atoms with Crippen molar-refractivity contribution in [3.8, 4) is 0 Å². The molecule has 0 aliphatic heterocycles. The molecule has 14 heteroatoms. The van der Waals surface area contributed by atoms with Crippen molar-refractivity contribution >= 4 is 23.1 Å². The van der Waals surface area contributed by atoms with Crippen molar-refractivity contribution in [1.82, 2.24) is 0 Å². The van der Waals surface area contributed by atoms with Crippen LogP contribution >= 0.6 is 0 Å². The van der Waals surface area contributed by atoms with Gasteiger partial charge in [0, 0.05) is 0 Å². The molecule has 0 aromatic rings. The second-order valence-electron chi connectivity index (χ2n) is 7.13. The van der Waals surface area contributed by atoms with Crippen LogP contribution in [-0.4, -0.2) is 149 Å². The summed E-state index contributed by atoms with van der Waals surface area (Å²) < 4.78 is 29.5. The zero-order valence-electron chi connectivity index (χ0n) is 23.2. The van der Waals surface area contributed by atoms with Crippen molar-refractivity contribution in [2.75, 3.05) is 106 Å². The molecule has 0 fully saturated rings. The van der Waals surface area contributed by atoms with E-state index in [1.54, 1.807) is 0 Å². The highest BCUT2D eigenvalue weighted by atomic mass is 16.5. The Kier molecular flexibility index (Phi) is 52.3. The summed E-state index contributed by atoms with van der Waals surface area (Å²) in [7, 11) is 0. The number of carbonyl (C=O) groups is 4. The van der Waals surface area contributed by atoms with Crippen molar-refractivity contribution in [1.29, 1.82) is 0 Å². The van der Waals surface area contributed by atoms with Crippen LogP contribution in [0.1, 0.15) is 35.1 Å². The van der Waals surface area contributed by atoms with E-state index in [9.17, 15) is 19.2 Å². The molecular weight excluding hydrogens is 524 g/mol. The quantitative estimate of drug-likeness (QED) is 0.114. The van der Waals surface area contributed by atoms with Gasteiger partial charge in [-0.05, 0) is 27.7 Å². The van der Waals surface area contributed by atoms with Gasteiger partial charge in [-0.2, -0.15) is 0 Å². The summed E-state index contributed by atoms with van der Waals surface area (Å²) in [5.41, 5.74) is 0. The maximum atomic E-state index is 10.4. The van der Waals surface area contributed by atoms with E-state index < -0.39 is 0 Å². The molecule has 0 heterocycles. The van der Waals surface area contributed by atoms with E-state index in [-0.39, 0.29) is 83.4 Å². The van der Waals surface area contributed by atoms with Crippen LogP contribution in [0, 0.1) is 0 Å². The van der Waals surface area contributed by atoms with Gasteiger partial charge in [-0.3, -0.25) is 19.2 Å². The van der Waals surface area contributed by atoms with Gasteiger partial charge in [-0.15, -0.1) is 0 Å². The molecule has 0 saturated heterocycles. The predicted molar refractivity (Wildman–Crippen MR) is 143 cm³/mol. The van der Waals surface area contributed by atoms with Crippen LogP contribution in [0.2, 0.25) is 0 Å². The molecule has 0 amide bonds. The zero-order valence-corrected chi connectivity index (χ0v) is 23.2. The van der Waals surface area contributed by atoms with Crippen molar-refractivity contribution in [2.24, 2.45) is 0 Å². The summed E-state index contributed by atoms with van der Waals surface area (Å²) in [4.78, 5) is 40.4. The van der Waals surface area contributed by atoms with Gasteiger partial charge in [0.2, 0.25) is 0 Å². The number of ketones is 4. The van der Waals surface area contributed by atoms with Gasteiger partial charge in [0.1, 0.15) is 26.4 Å². The SMILES string of the molecule is C.CC(=O)CO.CC(=O)COCCO.CC(=O)COCCOCCO.CC(=O)COCCOCCOCCO. The standard InChI is InChI=1S/C9H18O5.C7H14O4.C5H10O3.C3H6O2.CH4/c1-9(11)8-14-7-6-13-5-4-12-3-2-10;1-7(9)6-11-5-4-10-3-2-8;1-5(7)4-8-3-2-6;1-3(5)2-4;/h10H,2-8H2,1H3;8H,2-6H2,1H3;6H,2-4H2,1H3;4H,2H2,1H3;1H4. The fourth-order valence-corrected chi connectivity index (χ4v) is 1.50. The third-order valence-corrected chi connectivity index (χ3v) is 2.96. The van der Waals surface area contributed by atoms with Crippen LogP contribution in [0.15, 0.2) is 0 Å². The van der Waals surface area contributed by atoms with E-state index in [2.05, 4.69) is 4.74 Å². The number of aliphatic hydroxyl groups excluding tert-OH is 4. The predicted octanol–water partition coefficient (Wildman–Crippen LogP) is -0.993. The molecule has 39 heavy (non-hydrogen) atoms. The zero-order chi connectivity index (χ0) is 29.9. The lowest BCUT2D eigenvalue weighted by atomic mass is 10.5. The Balaban J connectivity index is -0.000000138. The summed E-state index contributed by atoms with van der Waals surface area (Å²) in [6.07, 6.45) is 0. The number of carbonyl (C=O) groups excluding carboxylic acids is 4. The van der Waals surface area contributed by atoms with Gasteiger partial charge in [0.25, 0.3) is 0 Å². The second-order valence-corrected chi connectivity index (χ2v) is 7.13. The number of ether oxygens (including phenoxy) is 6.